The molecule has 0 saturated carbocycles. The van der Waals surface area contributed by atoms with Gasteiger partial charge in [0.15, 0.2) is 0 Å². The molecule has 35 heavy (non-hydrogen) atoms. The number of rotatable bonds is 8. The number of aromatic nitrogens is 2. The van der Waals surface area contributed by atoms with E-state index in [1.807, 2.05) is 37.4 Å². The monoisotopic (exact) mass is 513 g/mol. The minimum Gasteiger partial charge on any atom is -0.496 e. The first-order valence-corrected chi connectivity index (χ1v) is 14.0. The highest BCUT2D eigenvalue weighted by molar-refractivity contribution is 7.89. The molecule has 4 heterocycles. The van der Waals surface area contributed by atoms with Crippen LogP contribution in [-0.2, 0) is 29.4 Å². The molecule has 0 N–H and O–H groups in total. The Kier molecular flexibility index (Phi) is 6.52. The third kappa shape index (κ3) is 4.53. The minimum atomic E-state index is -3.22. The van der Waals surface area contributed by atoms with Crippen LogP contribution in [0.5, 0.6) is 5.75 Å². The number of para-hydroxylation sites is 1. The highest BCUT2D eigenvalue weighted by Gasteiger charge is 2.28. The van der Waals surface area contributed by atoms with E-state index in [0.717, 1.165) is 38.4 Å². The number of benzene rings is 1. The summed E-state index contributed by atoms with van der Waals surface area (Å²) in [7, 11) is -1.56. The number of fused-ring (bicyclic) bond motifs is 1. The summed E-state index contributed by atoms with van der Waals surface area (Å²) in [5.74, 6) is 1.50. The van der Waals surface area contributed by atoms with Crippen molar-refractivity contribution >= 4 is 31.4 Å². The maximum atomic E-state index is 13.6. The third-order valence-electron chi connectivity index (χ3n) is 6.50. The standard InChI is InChI=1S/C25H27N3O5S2/c1-17-21-23(34-22(17)24-26-10-14-33-24)19(9-8-18-6-3-4-7-20(18)32-2)16-27(25(21)29)12-13-28-11-5-15-35(28,30)31/h3-4,6-7,10,14,16H,5,8-9,11-13,15H2,1-2H3. The van der Waals surface area contributed by atoms with Gasteiger partial charge in [0.2, 0.25) is 15.9 Å². The average molecular weight is 514 g/mol. The van der Waals surface area contributed by atoms with Crippen molar-refractivity contribution in [2.45, 2.75) is 32.7 Å². The highest BCUT2D eigenvalue weighted by Crippen LogP contribution is 2.38. The molecule has 1 fully saturated rings. The summed E-state index contributed by atoms with van der Waals surface area (Å²) in [6.07, 6.45) is 7.07. The SMILES string of the molecule is COc1ccccc1CCc1cn(CCN2CCCS2(=O)=O)c(=O)c2c(C)c(-c3ncco3)sc12. The molecule has 4 aromatic rings. The van der Waals surface area contributed by atoms with Crippen LogP contribution in [0.4, 0.5) is 0 Å². The van der Waals surface area contributed by atoms with Gasteiger partial charge in [-0.15, -0.1) is 11.3 Å². The zero-order chi connectivity index (χ0) is 24.6. The summed E-state index contributed by atoms with van der Waals surface area (Å²) >= 11 is 1.51. The van der Waals surface area contributed by atoms with Gasteiger partial charge in [0.25, 0.3) is 5.56 Å². The molecule has 1 saturated heterocycles. The number of methoxy groups -OCH3 is 1. The van der Waals surface area contributed by atoms with E-state index in [4.69, 9.17) is 9.15 Å². The summed E-state index contributed by atoms with van der Waals surface area (Å²) < 4.78 is 39.6. The van der Waals surface area contributed by atoms with Crippen LogP contribution in [0.1, 0.15) is 23.1 Å². The van der Waals surface area contributed by atoms with Crippen LogP contribution in [0.25, 0.3) is 20.9 Å². The van der Waals surface area contributed by atoms with Gasteiger partial charge in [-0.2, -0.15) is 0 Å². The molecule has 10 heteroatoms. The predicted molar refractivity (Wildman–Crippen MR) is 137 cm³/mol. The number of sulfonamides is 1. The van der Waals surface area contributed by atoms with Crippen molar-refractivity contribution in [2.75, 3.05) is 26.0 Å². The fraction of sp³-hybridized carbons (Fsp3) is 0.360. The van der Waals surface area contributed by atoms with E-state index >= 15 is 0 Å². The Hall–Kier alpha value is -2.95. The number of thiophene rings is 1. The zero-order valence-electron chi connectivity index (χ0n) is 19.7. The van der Waals surface area contributed by atoms with Gasteiger partial charge in [-0.3, -0.25) is 4.79 Å². The molecule has 0 unspecified atom stereocenters. The molecular formula is C25H27N3O5S2. The number of ether oxygens (including phenoxy) is 1. The topological polar surface area (TPSA) is 94.6 Å². The average Bonchev–Trinajstić information content (AvgIpc) is 3.57. The normalized spacial score (nSPS) is 15.7. The molecule has 5 rings (SSSR count). The number of pyridine rings is 1. The summed E-state index contributed by atoms with van der Waals surface area (Å²) in [6.45, 7) is 3.01. The summed E-state index contributed by atoms with van der Waals surface area (Å²) in [6, 6.07) is 7.92. The number of hydrogen-bond donors (Lipinski definition) is 0. The van der Waals surface area contributed by atoms with E-state index in [9.17, 15) is 13.2 Å². The maximum absolute atomic E-state index is 13.6. The smallest absolute Gasteiger partial charge is 0.259 e. The highest BCUT2D eigenvalue weighted by atomic mass is 32.2. The van der Waals surface area contributed by atoms with Gasteiger partial charge in [0, 0.05) is 30.5 Å². The Morgan fingerprint density at radius 2 is 1.97 bits per heavy atom. The first-order chi connectivity index (χ1) is 16.9. The second-order valence-corrected chi connectivity index (χ2v) is 11.7. The molecule has 0 radical (unpaired) electrons. The first kappa shape index (κ1) is 23.8. The quantitative estimate of drug-likeness (QED) is 0.355. The summed E-state index contributed by atoms with van der Waals surface area (Å²) in [5, 5.41) is 0.644. The van der Waals surface area contributed by atoms with Crippen molar-refractivity contribution in [3.05, 3.63) is 70.0 Å². The van der Waals surface area contributed by atoms with Gasteiger partial charge in [0.1, 0.15) is 12.0 Å². The molecule has 0 bridgehead atoms. The van der Waals surface area contributed by atoms with Crippen molar-refractivity contribution in [3.63, 3.8) is 0 Å². The van der Waals surface area contributed by atoms with Gasteiger partial charge in [-0.05, 0) is 48.9 Å². The number of oxazole rings is 1. The van der Waals surface area contributed by atoms with Crippen LogP contribution < -0.4 is 10.3 Å². The van der Waals surface area contributed by atoms with Gasteiger partial charge in [-0.25, -0.2) is 17.7 Å². The maximum Gasteiger partial charge on any atom is 0.259 e. The molecule has 1 aromatic carbocycles. The van der Waals surface area contributed by atoms with Crippen molar-refractivity contribution in [1.29, 1.82) is 0 Å². The molecular weight excluding hydrogens is 486 g/mol. The molecule has 0 aliphatic carbocycles. The van der Waals surface area contributed by atoms with E-state index in [1.165, 1.54) is 21.9 Å². The van der Waals surface area contributed by atoms with Gasteiger partial charge >= 0.3 is 0 Å². The lowest BCUT2D eigenvalue weighted by molar-refractivity contribution is 0.409. The summed E-state index contributed by atoms with van der Waals surface area (Å²) in [4.78, 5) is 18.7. The van der Waals surface area contributed by atoms with Crippen LogP contribution in [0.2, 0.25) is 0 Å². The molecule has 1 aliphatic rings. The fourth-order valence-corrected chi connectivity index (χ4v) is 7.47. The molecule has 0 amide bonds. The second kappa shape index (κ2) is 9.60. The van der Waals surface area contributed by atoms with E-state index in [0.29, 0.717) is 37.2 Å². The molecule has 0 spiro atoms. The van der Waals surface area contributed by atoms with E-state index in [1.54, 1.807) is 17.9 Å². The van der Waals surface area contributed by atoms with Gasteiger partial charge in [0.05, 0.1) is 29.3 Å². The molecule has 0 atom stereocenters. The van der Waals surface area contributed by atoms with Crippen molar-refractivity contribution in [3.8, 4) is 16.5 Å². The van der Waals surface area contributed by atoms with Crippen LogP contribution in [0.3, 0.4) is 0 Å². The zero-order valence-corrected chi connectivity index (χ0v) is 21.3. The predicted octanol–water partition coefficient (Wildman–Crippen LogP) is 3.86. The molecule has 184 valence electrons. The lowest BCUT2D eigenvalue weighted by Gasteiger charge is -2.16. The summed E-state index contributed by atoms with van der Waals surface area (Å²) in [5.41, 5.74) is 2.83. The largest absolute Gasteiger partial charge is 0.496 e. The van der Waals surface area contributed by atoms with Crippen molar-refractivity contribution in [2.24, 2.45) is 0 Å². The lowest BCUT2D eigenvalue weighted by Crippen LogP contribution is -2.32. The number of nitrogens with zero attached hydrogens (tertiary/aromatic N) is 3. The van der Waals surface area contributed by atoms with Crippen LogP contribution in [0, 0.1) is 6.92 Å². The Bertz CT molecular complexity index is 1520. The van der Waals surface area contributed by atoms with Gasteiger partial charge < -0.3 is 13.7 Å². The molecule has 3 aromatic heterocycles. The molecule has 1 aliphatic heterocycles. The first-order valence-electron chi connectivity index (χ1n) is 11.5. The second-order valence-electron chi connectivity index (χ2n) is 8.63. The number of hydrogen-bond acceptors (Lipinski definition) is 7. The fourth-order valence-electron chi connectivity index (χ4n) is 4.67. The van der Waals surface area contributed by atoms with Crippen LogP contribution in [0.15, 0.2) is 52.1 Å². The van der Waals surface area contributed by atoms with Crippen molar-refractivity contribution < 1.29 is 17.6 Å². The van der Waals surface area contributed by atoms with Crippen LogP contribution >= 0.6 is 11.3 Å². The van der Waals surface area contributed by atoms with Crippen molar-refractivity contribution in [1.82, 2.24) is 13.9 Å². The molecule has 8 nitrogen and oxygen atoms in total. The number of aryl methyl sites for hydroxylation is 3. The van der Waals surface area contributed by atoms with Crippen LogP contribution in [-0.4, -0.2) is 48.2 Å². The van der Waals surface area contributed by atoms with E-state index < -0.39 is 10.0 Å². The lowest BCUT2D eigenvalue weighted by atomic mass is 10.0. The Balaban J connectivity index is 1.56. The Labute approximate surface area is 207 Å². The van der Waals surface area contributed by atoms with Gasteiger partial charge in [-0.1, -0.05) is 18.2 Å². The van der Waals surface area contributed by atoms with E-state index in [-0.39, 0.29) is 17.9 Å². The third-order valence-corrected chi connectivity index (χ3v) is 9.81. The Morgan fingerprint density at radius 1 is 1.17 bits per heavy atom. The van der Waals surface area contributed by atoms with E-state index in [2.05, 4.69) is 4.98 Å². The Morgan fingerprint density at radius 3 is 2.69 bits per heavy atom. The minimum absolute atomic E-state index is 0.121.